The fraction of sp³-hybridized carbons (Fsp3) is 0.176. The number of benzene rings is 2. The summed E-state index contributed by atoms with van der Waals surface area (Å²) in [5.74, 6) is -0.0104. The van der Waals surface area contributed by atoms with Crippen LogP contribution in [0.2, 0.25) is 0 Å². The van der Waals surface area contributed by atoms with Gasteiger partial charge in [-0.1, -0.05) is 0 Å². The molecule has 0 radical (unpaired) electrons. The molecular formula is C17H20N4O5S. The number of carbonyl (C=O) groups is 2. The van der Waals surface area contributed by atoms with Gasteiger partial charge in [0.15, 0.2) is 0 Å². The third-order valence-corrected chi connectivity index (χ3v) is 4.79. The van der Waals surface area contributed by atoms with Crippen molar-refractivity contribution in [2.75, 3.05) is 29.5 Å². The smallest absolute Gasteiger partial charge is 0.318 e. The molecule has 0 aliphatic carbocycles. The van der Waals surface area contributed by atoms with Crippen molar-refractivity contribution in [3.8, 4) is 5.75 Å². The summed E-state index contributed by atoms with van der Waals surface area (Å²) in [7, 11) is -0.988. The van der Waals surface area contributed by atoms with E-state index in [1.807, 2.05) is 0 Å². The van der Waals surface area contributed by atoms with Crippen molar-refractivity contribution in [1.29, 1.82) is 0 Å². The van der Waals surface area contributed by atoms with Crippen molar-refractivity contribution in [3.05, 3.63) is 42.5 Å². The van der Waals surface area contributed by atoms with E-state index in [4.69, 9.17) is 4.74 Å². The zero-order chi connectivity index (χ0) is 20.0. The second kappa shape index (κ2) is 8.41. The Balaban J connectivity index is 2.23. The Morgan fingerprint density at radius 2 is 1.59 bits per heavy atom. The van der Waals surface area contributed by atoms with Crippen LogP contribution in [0.5, 0.6) is 5.75 Å². The molecule has 0 aliphatic heterocycles. The Kier molecular flexibility index (Phi) is 6.24. The summed E-state index contributed by atoms with van der Waals surface area (Å²) >= 11 is 0. The van der Waals surface area contributed by atoms with Gasteiger partial charge in [-0.15, -0.1) is 0 Å². The molecule has 3 amide bonds. The Morgan fingerprint density at radius 3 is 2.15 bits per heavy atom. The van der Waals surface area contributed by atoms with Crippen LogP contribution in [-0.2, 0) is 14.8 Å². The summed E-state index contributed by atoms with van der Waals surface area (Å²) in [5, 5.41) is 7.51. The van der Waals surface area contributed by atoms with E-state index in [1.165, 1.54) is 51.4 Å². The van der Waals surface area contributed by atoms with Crippen LogP contribution >= 0.6 is 0 Å². The summed E-state index contributed by atoms with van der Waals surface area (Å²) in [6.07, 6.45) is 0. The molecule has 0 atom stereocenters. The van der Waals surface area contributed by atoms with Crippen LogP contribution in [0.25, 0.3) is 0 Å². The van der Waals surface area contributed by atoms with Crippen LogP contribution in [0.1, 0.15) is 6.92 Å². The summed E-state index contributed by atoms with van der Waals surface area (Å²) in [5.41, 5.74) is 1.07. The van der Waals surface area contributed by atoms with Gasteiger partial charge in [-0.2, -0.15) is 0 Å². The molecule has 10 heteroatoms. The molecule has 4 N–H and O–H groups in total. The number of urea groups is 1. The Bertz CT molecular complexity index is 942. The molecule has 2 aromatic rings. The lowest BCUT2D eigenvalue weighted by molar-refractivity contribution is -0.114. The van der Waals surface area contributed by atoms with Gasteiger partial charge >= 0.3 is 6.03 Å². The molecule has 0 aliphatic rings. The van der Waals surface area contributed by atoms with Crippen LogP contribution in [0.15, 0.2) is 47.4 Å². The highest BCUT2D eigenvalue weighted by Crippen LogP contribution is 2.28. The largest absolute Gasteiger partial charge is 0.495 e. The first-order valence-electron chi connectivity index (χ1n) is 7.82. The second-order valence-corrected chi connectivity index (χ2v) is 7.11. The van der Waals surface area contributed by atoms with E-state index >= 15 is 0 Å². The number of sulfonamides is 1. The van der Waals surface area contributed by atoms with Gasteiger partial charge in [0.05, 0.1) is 17.7 Å². The average Bonchev–Trinajstić information content (AvgIpc) is 2.62. The first-order valence-corrected chi connectivity index (χ1v) is 9.30. The molecular weight excluding hydrogens is 372 g/mol. The molecule has 0 heterocycles. The molecule has 2 rings (SSSR count). The Labute approximate surface area is 157 Å². The minimum Gasteiger partial charge on any atom is -0.495 e. The van der Waals surface area contributed by atoms with Crippen LogP contribution in [0.4, 0.5) is 21.9 Å². The zero-order valence-corrected chi connectivity index (χ0v) is 15.8. The topological polar surface area (TPSA) is 126 Å². The molecule has 0 spiro atoms. The number of carbonyl (C=O) groups excluding carboxylic acids is 2. The third-order valence-electron chi connectivity index (χ3n) is 3.41. The number of hydrogen-bond donors (Lipinski definition) is 4. The monoisotopic (exact) mass is 392 g/mol. The first-order chi connectivity index (χ1) is 12.7. The van der Waals surface area contributed by atoms with Crippen LogP contribution in [-0.4, -0.2) is 34.5 Å². The number of rotatable bonds is 6. The van der Waals surface area contributed by atoms with E-state index < -0.39 is 10.0 Å². The molecule has 27 heavy (non-hydrogen) atoms. The van der Waals surface area contributed by atoms with Crippen molar-refractivity contribution < 1.29 is 22.7 Å². The van der Waals surface area contributed by atoms with Gasteiger partial charge < -0.3 is 20.7 Å². The summed E-state index contributed by atoms with van der Waals surface area (Å²) < 4.78 is 32.8. The third kappa shape index (κ3) is 5.35. The maximum Gasteiger partial charge on any atom is 0.318 e. The van der Waals surface area contributed by atoms with Crippen molar-refractivity contribution in [2.24, 2.45) is 0 Å². The van der Waals surface area contributed by atoms with Crippen LogP contribution < -0.4 is 25.4 Å². The molecule has 0 saturated heterocycles. The lowest BCUT2D eigenvalue weighted by Crippen LogP contribution is -2.24. The molecule has 144 valence electrons. The fourth-order valence-corrected chi connectivity index (χ4v) is 3.26. The lowest BCUT2D eigenvalue weighted by Gasteiger charge is -2.13. The predicted molar refractivity (Wildman–Crippen MR) is 103 cm³/mol. The van der Waals surface area contributed by atoms with Crippen molar-refractivity contribution in [2.45, 2.75) is 11.8 Å². The van der Waals surface area contributed by atoms with Crippen LogP contribution in [0.3, 0.4) is 0 Å². The highest BCUT2D eigenvalue weighted by Gasteiger charge is 2.17. The summed E-state index contributed by atoms with van der Waals surface area (Å²) in [6.45, 7) is 1.31. The SMILES string of the molecule is CNC(=O)Nc1ccc(NS(=O)(=O)c2ccc(OC)c(NC(C)=O)c2)cc1. The molecule has 0 saturated carbocycles. The maximum atomic E-state index is 12.6. The maximum absolute atomic E-state index is 12.6. The number of nitrogens with one attached hydrogen (secondary N) is 4. The van der Waals surface area contributed by atoms with E-state index in [1.54, 1.807) is 12.1 Å². The van der Waals surface area contributed by atoms with Crippen molar-refractivity contribution in [3.63, 3.8) is 0 Å². The number of anilines is 3. The molecule has 9 nitrogen and oxygen atoms in total. The highest BCUT2D eigenvalue weighted by molar-refractivity contribution is 7.92. The van der Waals surface area contributed by atoms with Gasteiger partial charge in [0.1, 0.15) is 5.75 Å². The lowest BCUT2D eigenvalue weighted by atomic mass is 10.3. The number of ether oxygens (including phenoxy) is 1. The summed E-state index contributed by atoms with van der Waals surface area (Å²) in [6, 6.07) is 9.90. The molecule has 0 bridgehead atoms. The number of methoxy groups -OCH3 is 1. The van der Waals surface area contributed by atoms with E-state index in [-0.39, 0.29) is 22.5 Å². The minimum atomic E-state index is -3.89. The van der Waals surface area contributed by atoms with E-state index in [0.717, 1.165) is 0 Å². The first kappa shape index (κ1) is 20.0. The normalized spacial score (nSPS) is 10.6. The van der Waals surface area contributed by atoms with E-state index in [2.05, 4.69) is 20.7 Å². The van der Waals surface area contributed by atoms with Crippen LogP contribution in [0, 0.1) is 0 Å². The predicted octanol–water partition coefficient (Wildman–Crippen LogP) is 2.21. The Morgan fingerprint density at radius 1 is 0.963 bits per heavy atom. The molecule has 0 unspecified atom stereocenters. The molecule has 0 fully saturated rings. The number of hydrogen-bond acceptors (Lipinski definition) is 5. The van der Waals surface area contributed by atoms with Crippen molar-refractivity contribution in [1.82, 2.24) is 5.32 Å². The number of amides is 3. The summed E-state index contributed by atoms with van der Waals surface area (Å²) in [4.78, 5) is 22.5. The minimum absolute atomic E-state index is 0.0420. The zero-order valence-electron chi connectivity index (χ0n) is 15.0. The van der Waals surface area contributed by atoms with Gasteiger partial charge in [-0.05, 0) is 42.5 Å². The van der Waals surface area contributed by atoms with E-state index in [0.29, 0.717) is 17.1 Å². The second-order valence-electron chi connectivity index (χ2n) is 5.43. The van der Waals surface area contributed by atoms with E-state index in [9.17, 15) is 18.0 Å². The van der Waals surface area contributed by atoms with Gasteiger partial charge in [-0.3, -0.25) is 9.52 Å². The average molecular weight is 392 g/mol. The standard InChI is InChI=1S/C17H20N4O5S/c1-11(22)19-15-10-14(8-9-16(15)26-3)27(24,25)21-13-6-4-12(5-7-13)20-17(23)18-2/h4-10,21H,1-3H3,(H,19,22)(H2,18,20,23). The fourth-order valence-electron chi connectivity index (χ4n) is 2.17. The van der Waals surface area contributed by atoms with Gasteiger partial charge in [0.2, 0.25) is 5.91 Å². The highest BCUT2D eigenvalue weighted by atomic mass is 32.2. The van der Waals surface area contributed by atoms with Gasteiger partial charge in [0, 0.05) is 25.3 Å². The van der Waals surface area contributed by atoms with Crippen molar-refractivity contribution >= 4 is 39.0 Å². The van der Waals surface area contributed by atoms with Gasteiger partial charge in [-0.25, -0.2) is 13.2 Å². The molecule has 0 aromatic heterocycles. The quantitative estimate of drug-likeness (QED) is 0.600. The van der Waals surface area contributed by atoms with Gasteiger partial charge in [0.25, 0.3) is 10.0 Å². The molecule has 2 aromatic carbocycles. The Hall–Kier alpha value is -3.27.